The van der Waals surface area contributed by atoms with E-state index in [9.17, 15) is 9.59 Å². The molecule has 5 nitrogen and oxygen atoms in total. The summed E-state index contributed by atoms with van der Waals surface area (Å²) < 4.78 is 5.44. The Balaban J connectivity index is 1.96. The largest absolute Gasteiger partial charge is 0.482 e. The Hall–Kier alpha value is -2.04. The van der Waals surface area contributed by atoms with E-state index in [1.54, 1.807) is 4.90 Å². The molecule has 26 heavy (non-hydrogen) atoms. The van der Waals surface area contributed by atoms with Crippen LogP contribution in [0.1, 0.15) is 53.9 Å². The summed E-state index contributed by atoms with van der Waals surface area (Å²) in [4.78, 5) is 26.4. The van der Waals surface area contributed by atoms with Gasteiger partial charge in [0.15, 0.2) is 6.61 Å². The molecule has 0 fully saturated rings. The molecule has 144 valence electrons. The number of para-hydroxylation sites is 2. The van der Waals surface area contributed by atoms with Gasteiger partial charge in [-0.2, -0.15) is 0 Å². The minimum atomic E-state index is -0.108. The predicted octanol–water partition coefficient (Wildman–Crippen LogP) is 3.77. The van der Waals surface area contributed by atoms with Crippen molar-refractivity contribution in [1.29, 1.82) is 0 Å². The van der Waals surface area contributed by atoms with Crippen LogP contribution in [0.5, 0.6) is 5.75 Å². The summed E-state index contributed by atoms with van der Waals surface area (Å²) in [5, 5.41) is 3.18. The molecule has 5 heteroatoms. The van der Waals surface area contributed by atoms with Crippen molar-refractivity contribution in [3.63, 3.8) is 0 Å². The summed E-state index contributed by atoms with van der Waals surface area (Å²) in [6, 6.07) is 7.57. The highest BCUT2D eigenvalue weighted by Crippen LogP contribution is 2.31. The average Bonchev–Trinajstić information content (AvgIpc) is 2.56. The van der Waals surface area contributed by atoms with Crippen LogP contribution in [0.15, 0.2) is 24.3 Å². The molecule has 2 rings (SSSR count). The highest BCUT2D eigenvalue weighted by molar-refractivity contribution is 5.98. The predicted molar refractivity (Wildman–Crippen MR) is 104 cm³/mol. The van der Waals surface area contributed by atoms with E-state index >= 15 is 0 Å². The third-order valence-corrected chi connectivity index (χ3v) is 4.78. The van der Waals surface area contributed by atoms with Crippen molar-refractivity contribution < 1.29 is 14.3 Å². The van der Waals surface area contributed by atoms with Gasteiger partial charge in [0.2, 0.25) is 5.91 Å². The summed E-state index contributed by atoms with van der Waals surface area (Å²) in [7, 11) is 0. The van der Waals surface area contributed by atoms with Crippen molar-refractivity contribution in [3.05, 3.63) is 24.3 Å². The van der Waals surface area contributed by atoms with Gasteiger partial charge >= 0.3 is 0 Å². The molecule has 1 aromatic rings. The summed E-state index contributed by atoms with van der Waals surface area (Å²) >= 11 is 0. The molecule has 1 heterocycles. The number of fused-ring (bicyclic) bond motifs is 1. The fraction of sp³-hybridized carbons (Fsp3) is 0.619. The van der Waals surface area contributed by atoms with Gasteiger partial charge in [-0.15, -0.1) is 0 Å². The number of carbonyl (C=O) groups is 2. The van der Waals surface area contributed by atoms with Gasteiger partial charge < -0.3 is 15.0 Å². The van der Waals surface area contributed by atoms with Crippen LogP contribution in [0.4, 0.5) is 5.69 Å². The van der Waals surface area contributed by atoms with Crippen LogP contribution in [0.3, 0.4) is 0 Å². The number of hydrogen-bond donors (Lipinski definition) is 1. The van der Waals surface area contributed by atoms with Crippen molar-refractivity contribution in [1.82, 2.24) is 5.32 Å². The van der Waals surface area contributed by atoms with Gasteiger partial charge in [0.25, 0.3) is 5.91 Å². The van der Waals surface area contributed by atoms with E-state index in [2.05, 4.69) is 39.9 Å². The molecule has 1 N–H and O–H groups in total. The standard InChI is InChI=1S/C21H32N2O3/c1-15(2)10-11-18(21(3,4)5)22-19(24)12-13-23-16-8-6-7-9-17(16)26-14-20(23)25/h6-9,15,18H,10-14H2,1-5H3,(H,22,24). The molecule has 1 aliphatic heterocycles. The first kappa shape index (κ1) is 20.3. The maximum atomic E-state index is 12.5. The lowest BCUT2D eigenvalue weighted by Gasteiger charge is -2.33. The van der Waals surface area contributed by atoms with E-state index in [1.807, 2.05) is 24.3 Å². The molecule has 1 atom stereocenters. The normalized spacial score (nSPS) is 15.5. The van der Waals surface area contributed by atoms with Gasteiger partial charge in [-0.1, -0.05) is 46.8 Å². The Kier molecular flexibility index (Phi) is 6.68. The molecular formula is C21H32N2O3. The molecule has 0 radical (unpaired) electrons. The maximum absolute atomic E-state index is 12.5. The molecule has 1 unspecified atom stereocenters. The zero-order valence-electron chi connectivity index (χ0n) is 16.7. The highest BCUT2D eigenvalue weighted by Gasteiger charge is 2.28. The summed E-state index contributed by atoms with van der Waals surface area (Å²) in [5.41, 5.74) is 0.745. The molecule has 1 aromatic carbocycles. The minimum Gasteiger partial charge on any atom is -0.482 e. The molecule has 0 aliphatic carbocycles. The Morgan fingerprint density at radius 2 is 1.92 bits per heavy atom. The first-order chi connectivity index (χ1) is 12.2. The number of ether oxygens (including phenoxy) is 1. The molecule has 0 aromatic heterocycles. The van der Waals surface area contributed by atoms with Crippen LogP contribution in [0.2, 0.25) is 0 Å². The zero-order valence-corrected chi connectivity index (χ0v) is 16.7. The number of nitrogens with zero attached hydrogens (tertiary/aromatic N) is 1. The van der Waals surface area contributed by atoms with Gasteiger partial charge in [0.1, 0.15) is 5.75 Å². The van der Waals surface area contributed by atoms with Gasteiger partial charge in [-0.05, 0) is 36.3 Å². The smallest absolute Gasteiger partial charge is 0.265 e. The van der Waals surface area contributed by atoms with Gasteiger partial charge in [0.05, 0.1) is 5.69 Å². The third-order valence-electron chi connectivity index (χ3n) is 4.78. The van der Waals surface area contributed by atoms with Crippen LogP contribution >= 0.6 is 0 Å². The SMILES string of the molecule is CC(C)CCC(NC(=O)CCN1C(=O)COc2ccccc21)C(C)(C)C. The van der Waals surface area contributed by atoms with Crippen molar-refractivity contribution >= 4 is 17.5 Å². The fourth-order valence-electron chi connectivity index (χ4n) is 3.10. The molecule has 0 saturated heterocycles. The van der Waals surface area contributed by atoms with Crippen LogP contribution in [0, 0.1) is 11.3 Å². The Labute approximate surface area is 157 Å². The van der Waals surface area contributed by atoms with E-state index in [4.69, 9.17) is 4.74 Å². The van der Waals surface area contributed by atoms with E-state index in [1.165, 1.54) is 0 Å². The topological polar surface area (TPSA) is 58.6 Å². The van der Waals surface area contributed by atoms with Crippen molar-refractivity contribution in [2.45, 2.75) is 59.9 Å². The average molecular weight is 360 g/mol. The molecule has 2 amide bonds. The highest BCUT2D eigenvalue weighted by atomic mass is 16.5. The molecular weight excluding hydrogens is 328 g/mol. The van der Waals surface area contributed by atoms with E-state index in [-0.39, 0.29) is 36.3 Å². The molecule has 0 saturated carbocycles. The monoisotopic (exact) mass is 360 g/mol. The van der Waals surface area contributed by atoms with E-state index in [0.29, 0.717) is 18.2 Å². The van der Waals surface area contributed by atoms with Crippen LogP contribution in [-0.4, -0.2) is 31.0 Å². The number of anilines is 1. The maximum Gasteiger partial charge on any atom is 0.265 e. The number of nitrogens with one attached hydrogen (secondary N) is 1. The lowest BCUT2D eigenvalue weighted by atomic mass is 9.82. The number of carbonyl (C=O) groups excluding carboxylic acids is 2. The van der Waals surface area contributed by atoms with Gasteiger partial charge in [-0.3, -0.25) is 9.59 Å². The van der Waals surface area contributed by atoms with E-state index < -0.39 is 0 Å². The first-order valence-electron chi connectivity index (χ1n) is 9.50. The van der Waals surface area contributed by atoms with Crippen LogP contribution in [-0.2, 0) is 9.59 Å². The second kappa shape index (κ2) is 8.56. The molecule has 1 aliphatic rings. The second-order valence-electron chi connectivity index (χ2n) is 8.51. The second-order valence-corrected chi connectivity index (χ2v) is 8.51. The Bertz CT molecular complexity index is 634. The first-order valence-corrected chi connectivity index (χ1v) is 9.50. The summed E-state index contributed by atoms with van der Waals surface area (Å²) in [5.74, 6) is 1.19. The number of hydrogen-bond acceptors (Lipinski definition) is 3. The summed E-state index contributed by atoms with van der Waals surface area (Å²) in [6.45, 7) is 11.2. The molecule has 0 spiro atoms. The Morgan fingerprint density at radius 1 is 1.23 bits per heavy atom. The Morgan fingerprint density at radius 3 is 2.58 bits per heavy atom. The third kappa shape index (κ3) is 5.48. The number of benzene rings is 1. The van der Waals surface area contributed by atoms with Crippen molar-refractivity contribution in [2.24, 2.45) is 11.3 Å². The quantitative estimate of drug-likeness (QED) is 0.805. The zero-order chi connectivity index (χ0) is 19.3. The summed E-state index contributed by atoms with van der Waals surface area (Å²) in [6.07, 6.45) is 2.33. The van der Waals surface area contributed by atoms with Crippen LogP contribution in [0.25, 0.3) is 0 Å². The lowest BCUT2D eigenvalue weighted by molar-refractivity contribution is -0.123. The van der Waals surface area contributed by atoms with Crippen molar-refractivity contribution in [3.8, 4) is 5.75 Å². The van der Waals surface area contributed by atoms with E-state index in [0.717, 1.165) is 18.5 Å². The van der Waals surface area contributed by atoms with Crippen molar-refractivity contribution in [2.75, 3.05) is 18.1 Å². The minimum absolute atomic E-state index is 0.00589. The number of amides is 2. The molecule has 0 bridgehead atoms. The lowest BCUT2D eigenvalue weighted by Crippen LogP contribution is -2.46. The number of rotatable bonds is 7. The van der Waals surface area contributed by atoms with Gasteiger partial charge in [-0.25, -0.2) is 0 Å². The van der Waals surface area contributed by atoms with Crippen LogP contribution < -0.4 is 15.0 Å². The van der Waals surface area contributed by atoms with Gasteiger partial charge in [0, 0.05) is 19.0 Å². The fourth-order valence-corrected chi connectivity index (χ4v) is 3.10.